The number of hydrogen-bond acceptors (Lipinski definition) is 7. The molecule has 0 spiro atoms. The number of amides is 6. The van der Waals surface area contributed by atoms with Crippen LogP contribution in [0.15, 0.2) is 120 Å². The van der Waals surface area contributed by atoms with Gasteiger partial charge in [0.2, 0.25) is 0 Å². The predicted octanol–water partition coefficient (Wildman–Crippen LogP) is 7.04. The molecule has 0 radical (unpaired) electrons. The van der Waals surface area contributed by atoms with Crippen LogP contribution in [0.3, 0.4) is 0 Å². The summed E-state index contributed by atoms with van der Waals surface area (Å²) in [5, 5.41) is 38.5. The maximum atomic E-state index is 14.0. The van der Waals surface area contributed by atoms with E-state index in [1.54, 1.807) is 34.1 Å². The van der Waals surface area contributed by atoms with Gasteiger partial charge in [-0.05, 0) is 85.6 Å². The van der Waals surface area contributed by atoms with Gasteiger partial charge >= 0.3 is 24.4 Å². The monoisotopic (exact) mass is 937 g/mol. The number of nitrogens with zero attached hydrogens (tertiary/aromatic N) is 6. The Morgan fingerprint density at radius 2 is 1.01 bits per heavy atom. The highest BCUT2D eigenvalue weighted by atomic mass is 19.4. The molecule has 3 heterocycles. The Hall–Kier alpha value is -8.33. The molecular weight excluding hydrogens is 897 g/mol. The third-order valence-electron chi connectivity index (χ3n) is 11.6. The molecule has 0 bridgehead atoms. The fourth-order valence-corrected chi connectivity index (χ4v) is 8.23. The van der Waals surface area contributed by atoms with Gasteiger partial charge in [0.1, 0.15) is 0 Å². The standard InChI is InChI=1S/C47H41F6N11O4/c1-27-37(39(31-13-9-29(25-54)10-14-31)59-44(67)63(27)35-7-3-5-33(23-35)46(48,49)50)41(65)57-17-19-61-21-22-62(43(61)56)20-18-58-42(66)38-28(2)64(36-8-4-6-34(24-36)47(51,52)53)45(68)60-40(38)32-15-11-30(26-55)12-16-32/h3-16,23-24,39-40,56H,17-22H2,1-2H3,(H,57,65)(H,58,66)(H,59,67)(H,60,68)/t39-,40-/m1/s1. The largest absolute Gasteiger partial charge is 0.416 e. The average Bonchev–Trinajstić information content (AvgIpc) is 3.65. The number of alkyl halides is 6. The predicted molar refractivity (Wildman–Crippen MR) is 235 cm³/mol. The molecule has 0 aromatic heterocycles. The van der Waals surface area contributed by atoms with Gasteiger partial charge in [-0.1, -0.05) is 36.4 Å². The summed E-state index contributed by atoms with van der Waals surface area (Å²) >= 11 is 0. The molecule has 4 aromatic rings. The van der Waals surface area contributed by atoms with Crippen molar-refractivity contribution in [3.05, 3.63) is 153 Å². The minimum absolute atomic E-state index is 0.00156. The Morgan fingerprint density at radius 3 is 1.35 bits per heavy atom. The molecule has 3 aliphatic rings. The fourth-order valence-electron chi connectivity index (χ4n) is 8.23. The van der Waals surface area contributed by atoms with Crippen molar-refractivity contribution in [2.45, 2.75) is 38.3 Å². The van der Waals surface area contributed by atoms with E-state index in [4.69, 9.17) is 5.41 Å². The lowest BCUT2D eigenvalue weighted by Crippen LogP contribution is -2.50. The van der Waals surface area contributed by atoms with E-state index < -0.39 is 59.4 Å². The number of allylic oxidation sites excluding steroid dienone is 2. The lowest BCUT2D eigenvalue weighted by molar-refractivity contribution is -0.138. The Labute approximate surface area is 385 Å². The van der Waals surface area contributed by atoms with Crippen LogP contribution in [0.5, 0.6) is 0 Å². The van der Waals surface area contributed by atoms with E-state index >= 15 is 0 Å². The highest BCUT2D eigenvalue weighted by Gasteiger charge is 2.40. The zero-order valence-electron chi connectivity index (χ0n) is 36.2. The molecule has 0 saturated carbocycles. The van der Waals surface area contributed by atoms with Crippen LogP contribution in [0.25, 0.3) is 0 Å². The molecule has 7 rings (SSSR count). The van der Waals surface area contributed by atoms with E-state index in [1.165, 1.54) is 50.2 Å². The smallest absolute Gasteiger partial charge is 0.350 e. The van der Waals surface area contributed by atoms with Gasteiger partial charge in [0, 0.05) is 50.7 Å². The molecule has 0 aliphatic carbocycles. The second kappa shape index (κ2) is 19.3. The van der Waals surface area contributed by atoms with Gasteiger partial charge in [-0.3, -0.25) is 24.8 Å². The number of guanidine groups is 1. The number of halogens is 6. The van der Waals surface area contributed by atoms with Crippen LogP contribution in [0.2, 0.25) is 0 Å². The van der Waals surface area contributed by atoms with E-state index in [1.807, 2.05) is 12.1 Å². The van der Waals surface area contributed by atoms with Crippen molar-refractivity contribution in [3.8, 4) is 12.1 Å². The third-order valence-corrected chi connectivity index (χ3v) is 11.6. The van der Waals surface area contributed by atoms with Crippen molar-refractivity contribution in [2.75, 3.05) is 49.1 Å². The Morgan fingerprint density at radius 1 is 0.647 bits per heavy atom. The van der Waals surface area contributed by atoms with E-state index in [2.05, 4.69) is 21.3 Å². The van der Waals surface area contributed by atoms with Crippen LogP contribution in [-0.2, 0) is 21.9 Å². The molecule has 350 valence electrons. The highest BCUT2D eigenvalue weighted by molar-refractivity contribution is 6.06. The summed E-state index contributed by atoms with van der Waals surface area (Å²) in [5.74, 6) is -1.21. The first-order chi connectivity index (χ1) is 32.3. The van der Waals surface area contributed by atoms with Gasteiger partial charge in [0.25, 0.3) is 11.8 Å². The lowest BCUT2D eigenvalue weighted by atomic mass is 9.93. The summed E-state index contributed by atoms with van der Waals surface area (Å²) in [6.07, 6.45) is -9.41. The van der Waals surface area contributed by atoms with Crippen LogP contribution in [0, 0.1) is 28.1 Å². The average molecular weight is 938 g/mol. The Bertz CT molecular complexity index is 2620. The van der Waals surface area contributed by atoms with Crippen molar-refractivity contribution in [3.63, 3.8) is 0 Å². The number of carbonyl (C=O) groups is 4. The maximum Gasteiger partial charge on any atom is 0.416 e. The van der Waals surface area contributed by atoms with Gasteiger partial charge in [-0.15, -0.1) is 0 Å². The Kier molecular flexibility index (Phi) is 13.5. The zero-order chi connectivity index (χ0) is 49.1. The van der Waals surface area contributed by atoms with Crippen molar-refractivity contribution >= 4 is 41.2 Å². The second-order valence-corrected chi connectivity index (χ2v) is 15.8. The highest BCUT2D eigenvalue weighted by Crippen LogP contribution is 2.39. The van der Waals surface area contributed by atoms with Crippen LogP contribution in [0.1, 0.15) is 59.3 Å². The summed E-state index contributed by atoms with van der Waals surface area (Å²) in [4.78, 5) is 60.4. The van der Waals surface area contributed by atoms with Crippen LogP contribution in [0.4, 0.5) is 47.3 Å². The first-order valence-corrected chi connectivity index (χ1v) is 20.9. The molecular formula is C47H41F6N11O4. The molecule has 1 fully saturated rings. The first kappa shape index (κ1) is 47.6. The number of anilines is 2. The number of hydrogen-bond donors (Lipinski definition) is 5. The molecule has 0 unspecified atom stereocenters. The number of nitriles is 2. The normalized spacial score (nSPS) is 17.7. The van der Waals surface area contributed by atoms with Gasteiger partial charge in [0.05, 0.1) is 69.0 Å². The van der Waals surface area contributed by atoms with E-state index in [9.17, 15) is 56.0 Å². The van der Waals surface area contributed by atoms with E-state index in [-0.39, 0.29) is 66.1 Å². The third kappa shape index (κ3) is 9.92. The van der Waals surface area contributed by atoms with Gasteiger partial charge < -0.3 is 31.1 Å². The van der Waals surface area contributed by atoms with Crippen molar-refractivity contribution in [1.29, 1.82) is 15.9 Å². The summed E-state index contributed by atoms with van der Waals surface area (Å²) < 4.78 is 82.0. The quantitative estimate of drug-likeness (QED) is 0.0931. The van der Waals surface area contributed by atoms with Crippen LogP contribution < -0.4 is 31.1 Å². The molecule has 15 nitrogen and oxygen atoms in total. The molecule has 5 N–H and O–H groups in total. The minimum Gasteiger partial charge on any atom is -0.350 e. The van der Waals surface area contributed by atoms with Crippen molar-refractivity contribution in [1.82, 2.24) is 31.1 Å². The molecule has 2 atom stereocenters. The number of benzene rings is 4. The summed E-state index contributed by atoms with van der Waals surface area (Å²) in [7, 11) is 0. The molecule has 3 aliphatic heterocycles. The number of carbonyl (C=O) groups excluding carboxylic acids is 4. The summed E-state index contributed by atoms with van der Waals surface area (Å²) in [6, 6.07) is 20.8. The number of rotatable bonds is 12. The van der Waals surface area contributed by atoms with E-state index in [0.717, 1.165) is 46.2 Å². The molecule has 1 saturated heterocycles. The fraction of sp³-hybridized carbons (Fsp3) is 0.255. The molecule has 6 amide bonds. The summed E-state index contributed by atoms with van der Waals surface area (Å²) in [5.41, 5.74) is -0.534. The van der Waals surface area contributed by atoms with Crippen molar-refractivity contribution < 1.29 is 45.5 Å². The second-order valence-electron chi connectivity index (χ2n) is 15.8. The van der Waals surface area contributed by atoms with Crippen LogP contribution >= 0.6 is 0 Å². The SMILES string of the molecule is CC1=C(C(=O)NCCN2CCN(CCNC(=O)C3=C(C)N(c4cccc(C(F)(F)F)c4)C(=O)N[C@@H]3c3ccc(C#N)cc3)C2=N)[C@@H](c2ccc(C#N)cc2)NC(=O)N1c1cccc(C(F)(F)F)c1. The molecule has 68 heavy (non-hydrogen) atoms. The number of nitrogens with one attached hydrogen (secondary N) is 5. The Balaban J connectivity index is 1.03. The molecule has 21 heteroatoms. The van der Waals surface area contributed by atoms with Gasteiger partial charge in [0.15, 0.2) is 5.96 Å². The van der Waals surface area contributed by atoms with E-state index in [0.29, 0.717) is 35.3 Å². The first-order valence-electron chi connectivity index (χ1n) is 20.9. The molecule has 4 aromatic carbocycles. The summed E-state index contributed by atoms with van der Waals surface area (Å²) in [6.45, 7) is 3.90. The topological polar surface area (TPSA) is 201 Å². The number of urea groups is 2. The van der Waals surface area contributed by atoms with Gasteiger partial charge in [-0.2, -0.15) is 36.9 Å². The zero-order valence-corrected chi connectivity index (χ0v) is 36.2. The van der Waals surface area contributed by atoms with Crippen LogP contribution in [-0.4, -0.2) is 78.9 Å². The van der Waals surface area contributed by atoms with Gasteiger partial charge in [-0.25, -0.2) is 9.59 Å². The van der Waals surface area contributed by atoms with Crippen molar-refractivity contribution in [2.24, 2.45) is 0 Å². The minimum atomic E-state index is -4.70. The lowest BCUT2D eigenvalue weighted by Gasteiger charge is -2.36. The maximum absolute atomic E-state index is 14.0.